The Morgan fingerprint density at radius 1 is 1.32 bits per heavy atom. The summed E-state index contributed by atoms with van der Waals surface area (Å²) in [5.41, 5.74) is 8.01. The van der Waals surface area contributed by atoms with Gasteiger partial charge in [-0.05, 0) is 57.2 Å². The van der Waals surface area contributed by atoms with E-state index in [9.17, 15) is 4.79 Å². The van der Waals surface area contributed by atoms with Gasteiger partial charge in [0.1, 0.15) is 5.69 Å². The summed E-state index contributed by atoms with van der Waals surface area (Å²) in [6, 6.07) is 0.271. The summed E-state index contributed by atoms with van der Waals surface area (Å²) < 4.78 is 5.89. The molecule has 1 saturated heterocycles. The molecule has 168 valence electrons. The quantitative estimate of drug-likeness (QED) is 0.660. The molecule has 1 aromatic rings. The van der Waals surface area contributed by atoms with Crippen molar-refractivity contribution in [2.24, 2.45) is 5.92 Å². The Bertz CT molecular complexity index is 862. The maximum atomic E-state index is 12.3. The number of likely N-dealkylation sites (tertiary alicyclic amines) is 1. The van der Waals surface area contributed by atoms with Crippen molar-refractivity contribution in [3.05, 3.63) is 23.8 Å². The molecule has 1 aliphatic carbocycles. The number of anilines is 3. The van der Waals surface area contributed by atoms with Crippen LogP contribution in [-0.2, 0) is 4.79 Å². The van der Waals surface area contributed by atoms with Gasteiger partial charge in [-0.15, -0.1) is 0 Å². The minimum Gasteiger partial charge on any atom is -0.460 e. The van der Waals surface area contributed by atoms with Crippen molar-refractivity contribution in [2.45, 2.75) is 52.1 Å². The first kappa shape index (κ1) is 21.6. The van der Waals surface area contributed by atoms with Crippen LogP contribution in [0.5, 0.6) is 6.01 Å². The van der Waals surface area contributed by atoms with Gasteiger partial charge in [0.15, 0.2) is 11.6 Å². The molecule has 8 heteroatoms. The zero-order valence-electron chi connectivity index (χ0n) is 18.6. The maximum Gasteiger partial charge on any atom is 0.320 e. The summed E-state index contributed by atoms with van der Waals surface area (Å²) in [5, 5.41) is 2.84. The second kappa shape index (κ2) is 9.68. The van der Waals surface area contributed by atoms with Gasteiger partial charge in [0.2, 0.25) is 5.91 Å². The highest BCUT2D eigenvalue weighted by Crippen LogP contribution is 2.35. The summed E-state index contributed by atoms with van der Waals surface area (Å²) >= 11 is 0. The number of aromatic nitrogens is 2. The largest absolute Gasteiger partial charge is 0.460 e. The smallest absolute Gasteiger partial charge is 0.320 e. The van der Waals surface area contributed by atoms with E-state index >= 15 is 0 Å². The van der Waals surface area contributed by atoms with Crippen LogP contribution in [0.25, 0.3) is 0 Å². The average molecular weight is 427 g/mol. The number of rotatable bonds is 8. The molecule has 8 nitrogen and oxygen atoms in total. The molecule has 1 amide bonds. The molecule has 1 fully saturated rings. The summed E-state index contributed by atoms with van der Waals surface area (Å²) in [7, 11) is 0. The molecule has 2 aliphatic heterocycles. The van der Waals surface area contributed by atoms with Gasteiger partial charge >= 0.3 is 6.01 Å². The fourth-order valence-corrected chi connectivity index (χ4v) is 4.61. The van der Waals surface area contributed by atoms with Gasteiger partial charge in [-0.3, -0.25) is 9.69 Å². The summed E-state index contributed by atoms with van der Waals surface area (Å²) in [5.74, 6) is 1.12. The zero-order chi connectivity index (χ0) is 21.8. The maximum absolute atomic E-state index is 12.3. The number of nitrogens with one attached hydrogen (secondary N) is 1. The van der Waals surface area contributed by atoms with E-state index in [4.69, 9.17) is 10.5 Å². The van der Waals surface area contributed by atoms with Gasteiger partial charge in [-0.1, -0.05) is 31.6 Å². The summed E-state index contributed by atoms with van der Waals surface area (Å²) in [6.07, 6.45) is 12.3. The first-order valence-corrected chi connectivity index (χ1v) is 11.5. The van der Waals surface area contributed by atoms with E-state index in [2.05, 4.69) is 45.3 Å². The van der Waals surface area contributed by atoms with Gasteiger partial charge in [0.05, 0.1) is 12.6 Å². The van der Waals surface area contributed by atoms with Crippen LogP contribution in [0, 0.1) is 5.92 Å². The predicted molar refractivity (Wildman–Crippen MR) is 123 cm³/mol. The van der Waals surface area contributed by atoms with Crippen LogP contribution < -0.4 is 20.7 Å². The number of nitrogens with zero attached hydrogens (tertiary/aromatic N) is 4. The number of ether oxygens (including phenoxy) is 1. The lowest BCUT2D eigenvalue weighted by molar-refractivity contribution is -0.115. The highest BCUT2D eigenvalue weighted by atomic mass is 16.5. The molecule has 0 spiro atoms. The number of hydrogen-bond acceptors (Lipinski definition) is 7. The molecule has 1 unspecified atom stereocenters. The Kier molecular flexibility index (Phi) is 6.75. The standard InChI is InChI=1S/C23H34N6O2/c1-3-7-16(2)31-23-26-21(24)20-22(27-23)29(15-19(30)25-20)14-18-9-6-8-17(12-18)13-28-10-4-5-11-28/h6,8,12,16,18H,3-5,7,9-11,13-15H2,1-2H3,(H,25,30)(H2,24,26,27)/t16-,18?/m0/s1. The predicted octanol–water partition coefficient (Wildman–Crippen LogP) is 2.98. The van der Waals surface area contributed by atoms with E-state index in [1.165, 1.54) is 31.5 Å². The van der Waals surface area contributed by atoms with E-state index < -0.39 is 0 Å². The molecule has 31 heavy (non-hydrogen) atoms. The third kappa shape index (κ3) is 5.36. The van der Waals surface area contributed by atoms with Gasteiger partial charge in [0, 0.05) is 13.1 Å². The van der Waals surface area contributed by atoms with Gasteiger partial charge in [-0.25, -0.2) is 0 Å². The van der Waals surface area contributed by atoms with E-state index in [0.717, 1.165) is 25.8 Å². The number of hydrogen-bond donors (Lipinski definition) is 2. The fraction of sp³-hybridized carbons (Fsp3) is 0.609. The third-order valence-corrected chi connectivity index (χ3v) is 6.08. The number of nitrogens with two attached hydrogens (primary N) is 1. The van der Waals surface area contributed by atoms with Crippen LogP contribution in [0.2, 0.25) is 0 Å². The van der Waals surface area contributed by atoms with Crippen LogP contribution in [0.3, 0.4) is 0 Å². The van der Waals surface area contributed by atoms with Crippen LogP contribution in [0.4, 0.5) is 17.3 Å². The van der Waals surface area contributed by atoms with Crippen molar-refractivity contribution in [1.29, 1.82) is 0 Å². The van der Waals surface area contributed by atoms with Crippen LogP contribution in [-0.4, -0.2) is 59.6 Å². The lowest BCUT2D eigenvalue weighted by Crippen LogP contribution is -2.42. The van der Waals surface area contributed by atoms with Crippen molar-refractivity contribution in [3.8, 4) is 6.01 Å². The first-order valence-electron chi connectivity index (χ1n) is 11.5. The van der Waals surface area contributed by atoms with Gasteiger partial charge in [0.25, 0.3) is 0 Å². The van der Waals surface area contributed by atoms with E-state index in [-0.39, 0.29) is 30.4 Å². The highest BCUT2D eigenvalue weighted by molar-refractivity contribution is 6.03. The van der Waals surface area contributed by atoms with E-state index in [1.54, 1.807) is 0 Å². The number of carbonyl (C=O) groups is 1. The second-order valence-electron chi connectivity index (χ2n) is 8.86. The van der Waals surface area contributed by atoms with Gasteiger partial charge < -0.3 is 20.7 Å². The number of nitrogen functional groups attached to an aromatic ring is 1. The Labute approximate surface area is 184 Å². The Morgan fingerprint density at radius 3 is 2.90 bits per heavy atom. The number of allylic oxidation sites excluding steroid dienone is 1. The van der Waals surface area contributed by atoms with Crippen molar-refractivity contribution in [2.75, 3.05) is 48.7 Å². The van der Waals surface area contributed by atoms with Crippen molar-refractivity contribution < 1.29 is 9.53 Å². The molecule has 2 atom stereocenters. The van der Waals surface area contributed by atoms with Crippen molar-refractivity contribution >= 4 is 23.2 Å². The van der Waals surface area contributed by atoms with Crippen molar-refractivity contribution in [1.82, 2.24) is 14.9 Å². The molecule has 1 aromatic heterocycles. The minimum absolute atomic E-state index is 0.00800. The monoisotopic (exact) mass is 426 g/mol. The molecule has 0 saturated carbocycles. The SMILES string of the molecule is CCC[C@H](C)Oc1nc(N)c2c(n1)N(CC1C=C(CN3CCCC3)C=CC1)CC(=O)N2. The Morgan fingerprint density at radius 2 is 2.13 bits per heavy atom. The number of carbonyl (C=O) groups excluding carboxylic acids is 1. The molecule has 0 radical (unpaired) electrons. The fourth-order valence-electron chi connectivity index (χ4n) is 4.61. The van der Waals surface area contributed by atoms with Crippen LogP contribution in [0.15, 0.2) is 23.8 Å². The second-order valence-corrected chi connectivity index (χ2v) is 8.86. The molecular formula is C23H34N6O2. The minimum atomic E-state index is -0.0940. The van der Waals surface area contributed by atoms with E-state index in [0.29, 0.717) is 24.0 Å². The topological polar surface area (TPSA) is 96.6 Å². The third-order valence-electron chi connectivity index (χ3n) is 6.08. The normalized spacial score (nSPS) is 22.1. The van der Waals surface area contributed by atoms with E-state index in [1.807, 2.05) is 11.8 Å². The summed E-state index contributed by atoms with van der Waals surface area (Å²) in [4.78, 5) is 25.8. The van der Waals surface area contributed by atoms with Crippen LogP contribution in [0.1, 0.15) is 46.0 Å². The lowest BCUT2D eigenvalue weighted by atomic mass is 9.95. The lowest BCUT2D eigenvalue weighted by Gasteiger charge is -2.33. The Hall–Kier alpha value is -2.61. The Balaban J connectivity index is 1.51. The molecular weight excluding hydrogens is 392 g/mol. The molecule has 0 aromatic carbocycles. The number of fused-ring (bicyclic) bond motifs is 1. The molecule has 3 N–H and O–H groups in total. The number of amides is 1. The molecule has 0 bridgehead atoms. The molecule has 3 heterocycles. The molecule has 4 rings (SSSR count). The molecule has 3 aliphatic rings. The van der Waals surface area contributed by atoms with Gasteiger partial charge in [-0.2, -0.15) is 9.97 Å². The van der Waals surface area contributed by atoms with Crippen LogP contribution >= 0.6 is 0 Å². The highest BCUT2D eigenvalue weighted by Gasteiger charge is 2.29. The van der Waals surface area contributed by atoms with Crippen molar-refractivity contribution in [3.63, 3.8) is 0 Å². The zero-order valence-corrected chi connectivity index (χ0v) is 18.6. The average Bonchev–Trinajstić information content (AvgIpc) is 3.22. The summed E-state index contributed by atoms with van der Waals surface area (Å²) in [6.45, 7) is 8.45. The first-order chi connectivity index (χ1) is 15.0.